The second-order valence-electron chi connectivity index (χ2n) is 4.14. The highest BCUT2D eigenvalue weighted by Crippen LogP contribution is 2.14. The van der Waals surface area contributed by atoms with Crippen molar-refractivity contribution in [2.24, 2.45) is 0 Å². The lowest BCUT2D eigenvalue weighted by Gasteiger charge is -2.06. The Morgan fingerprint density at radius 1 is 1.50 bits per heavy atom. The summed E-state index contributed by atoms with van der Waals surface area (Å²) in [7, 11) is 0. The van der Waals surface area contributed by atoms with Gasteiger partial charge in [-0.05, 0) is 18.2 Å². The van der Waals surface area contributed by atoms with Crippen LogP contribution in [0.4, 0.5) is 0 Å². The molecule has 2 rings (SSSR count). The van der Waals surface area contributed by atoms with Crippen molar-refractivity contribution >= 4 is 32.7 Å². The number of nitrogens with one attached hydrogen (secondary N) is 1. The van der Waals surface area contributed by atoms with E-state index < -0.39 is 0 Å². The zero-order valence-electron chi connectivity index (χ0n) is 10.6. The molecule has 0 aliphatic rings. The van der Waals surface area contributed by atoms with Crippen LogP contribution in [0.5, 0.6) is 0 Å². The summed E-state index contributed by atoms with van der Waals surface area (Å²) >= 11 is 3.32. The number of aromatic nitrogens is 2. The van der Waals surface area contributed by atoms with E-state index >= 15 is 0 Å². The molecule has 1 aromatic carbocycles. The van der Waals surface area contributed by atoms with Crippen molar-refractivity contribution in [1.82, 2.24) is 14.9 Å². The van der Waals surface area contributed by atoms with Gasteiger partial charge in [-0.3, -0.25) is 14.2 Å². The molecule has 6 heteroatoms. The van der Waals surface area contributed by atoms with Crippen LogP contribution in [0, 0.1) is 12.3 Å². The van der Waals surface area contributed by atoms with Crippen molar-refractivity contribution in [3.8, 4) is 12.3 Å². The summed E-state index contributed by atoms with van der Waals surface area (Å²) in [4.78, 5) is 27.9. The summed E-state index contributed by atoms with van der Waals surface area (Å²) in [6.45, 7) is 0.460. The van der Waals surface area contributed by atoms with Crippen LogP contribution in [-0.2, 0) is 11.3 Å². The summed E-state index contributed by atoms with van der Waals surface area (Å²) in [5, 5.41) is 3.07. The number of benzene rings is 1. The molecule has 0 aliphatic heterocycles. The third kappa shape index (κ3) is 3.25. The highest BCUT2D eigenvalue weighted by molar-refractivity contribution is 9.10. The van der Waals surface area contributed by atoms with Gasteiger partial charge in [-0.2, -0.15) is 0 Å². The number of hydrogen-bond donors (Lipinski definition) is 1. The minimum atomic E-state index is -0.191. The Morgan fingerprint density at radius 3 is 3.05 bits per heavy atom. The molecule has 5 nitrogen and oxygen atoms in total. The van der Waals surface area contributed by atoms with Crippen LogP contribution in [0.25, 0.3) is 10.9 Å². The average molecular weight is 334 g/mol. The molecular formula is C14H12BrN3O2. The first-order valence-electron chi connectivity index (χ1n) is 5.96. The summed E-state index contributed by atoms with van der Waals surface area (Å²) in [6.07, 6.45) is 6.68. The van der Waals surface area contributed by atoms with Gasteiger partial charge in [0.2, 0.25) is 5.91 Å². The maximum absolute atomic E-state index is 12.2. The maximum Gasteiger partial charge on any atom is 0.261 e. The first kappa shape index (κ1) is 14.3. The Labute approximate surface area is 124 Å². The molecule has 0 saturated carbocycles. The van der Waals surface area contributed by atoms with Crippen molar-refractivity contribution in [2.75, 3.05) is 6.54 Å². The standard InChI is InChI=1S/C14H12BrN3O2/c1-2-6-16-13(19)5-7-18-9-17-12-4-3-10(15)8-11(12)14(18)20/h1,3-4,8-9H,5-7H2,(H,16,19). The van der Waals surface area contributed by atoms with Crippen LogP contribution in [0.3, 0.4) is 0 Å². The quantitative estimate of drug-likeness (QED) is 0.858. The Kier molecular flexibility index (Phi) is 4.53. The maximum atomic E-state index is 12.2. The molecular weight excluding hydrogens is 322 g/mol. The smallest absolute Gasteiger partial charge is 0.261 e. The lowest BCUT2D eigenvalue weighted by Crippen LogP contribution is -2.27. The fourth-order valence-electron chi connectivity index (χ4n) is 1.75. The highest BCUT2D eigenvalue weighted by atomic mass is 79.9. The number of amides is 1. The third-order valence-electron chi connectivity index (χ3n) is 2.75. The highest BCUT2D eigenvalue weighted by Gasteiger charge is 2.06. The Balaban J connectivity index is 2.19. The predicted molar refractivity (Wildman–Crippen MR) is 80.2 cm³/mol. The molecule has 0 fully saturated rings. The van der Waals surface area contributed by atoms with Gasteiger partial charge >= 0.3 is 0 Å². The van der Waals surface area contributed by atoms with Crippen LogP contribution >= 0.6 is 15.9 Å². The number of nitrogens with zero attached hydrogens (tertiary/aromatic N) is 2. The van der Waals surface area contributed by atoms with E-state index in [1.165, 1.54) is 10.9 Å². The van der Waals surface area contributed by atoms with Gasteiger partial charge in [0.15, 0.2) is 0 Å². The van der Waals surface area contributed by atoms with Crippen molar-refractivity contribution in [1.29, 1.82) is 0 Å². The van der Waals surface area contributed by atoms with E-state index in [1.807, 2.05) is 6.07 Å². The van der Waals surface area contributed by atoms with E-state index in [4.69, 9.17) is 6.42 Å². The lowest BCUT2D eigenvalue weighted by molar-refractivity contribution is -0.121. The number of aryl methyl sites for hydroxylation is 1. The molecule has 1 aromatic heterocycles. The SMILES string of the molecule is C#CCNC(=O)CCn1cnc2ccc(Br)cc2c1=O. The fourth-order valence-corrected chi connectivity index (χ4v) is 2.11. The van der Waals surface area contributed by atoms with Gasteiger partial charge in [0.1, 0.15) is 0 Å². The van der Waals surface area contributed by atoms with Gasteiger partial charge in [-0.25, -0.2) is 4.98 Å². The van der Waals surface area contributed by atoms with Crippen LogP contribution in [0.15, 0.2) is 33.8 Å². The number of carbonyl (C=O) groups is 1. The zero-order valence-corrected chi connectivity index (χ0v) is 12.2. The zero-order chi connectivity index (χ0) is 14.5. The number of terminal acetylenes is 1. The first-order valence-corrected chi connectivity index (χ1v) is 6.76. The van der Waals surface area contributed by atoms with Crippen LogP contribution in [0.1, 0.15) is 6.42 Å². The summed E-state index contributed by atoms with van der Waals surface area (Å²) in [5.74, 6) is 2.13. The molecule has 0 unspecified atom stereocenters. The molecule has 1 N–H and O–H groups in total. The molecule has 2 aromatic rings. The van der Waals surface area contributed by atoms with Gasteiger partial charge in [0, 0.05) is 17.4 Å². The molecule has 0 spiro atoms. The summed E-state index contributed by atoms with van der Waals surface area (Å²) in [6, 6.07) is 5.32. The van der Waals surface area contributed by atoms with E-state index in [0.717, 1.165) is 4.47 Å². The summed E-state index contributed by atoms with van der Waals surface area (Å²) < 4.78 is 2.23. The molecule has 0 aliphatic carbocycles. The van der Waals surface area contributed by atoms with Crippen molar-refractivity contribution in [3.05, 3.63) is 39.4 Å². The Bertz CT molecular complexity index is 746. The molecule has 20 heavy (non-hydrogen) atoms. The largest absolute Gasteiger partial charge is 0.345 e. The normalized spacial score (nSPS) is 10.2. The Morgan fingerprint density at radius 2 is 2.30 bits per heavy atom. The van der Waals surface area contributed by atoms with E-state index in [9.17, 15) is 9.59 Å². The van der Waals surface area contributed by atoms with Crippen LogP contribution < -0.4 is 10.9 Å². The second kappa shape index (κ2) is 6.35. The monoisotopic (exact) mass is 333 g/mol. The van der Waals surface area contributed by atoms with Gasteiger partial charge < -0.3 is 5.32 Å². The molecule has 0 radical (unpaired) electrons. The predicted octanol–water partition coefficient (Wildman–Crippen LogP) is 1.30. The third-order valence-corrected chi connectivity index (χ3v) is 3.25. The molecule has 1 heterocycles. The van der Waals surface area contributed by atoms with E-state index in [0.29, 0.717) is 10.9 Å². The molecule has 0 saturated heterocycles. The second-order valence-corrected chi connectivity index (χ2v) is 5.05. The number of halogens is 1. The van der Waals surface area contributed by atoms with Gasteiger partial charge in [-0.15, -0.1) is 6.42 Å². The summed E-state index contributed by atoms with van der Waals surface area (Å²) in [5.41, 5.74) is 0.465. The average Bonchev–Trinajstić information content (AvgIpc) is 2.45. The fraction of sp³-hybridized carbons (Fsp3) is 0.214. The first-order chi connectivity index (χ1) is 9.61. The molecule has 0 bridgehead atoms. The van der Waals surface area contributed by atoms with Crippen molar-refractivity contribution in [3.63, 3.8) is 0 Å². The van der Waals surface area contributed by atoms with Gasteiger partial charge in [-0.1, -0.05) is 21.9 Å². The number of rotatable bonds is 4. The van der Waals surface area contributed by atoms with Crippen LogP contribution in [-0.4, -0.2) is 22.0 Å². The minimum absolute atomic E-state index is 0.166. The minimum Gasteiger partial charge on any atom is -0.345 e. The topological polar surface area (TPSA) is 64.0 Å². The number of hydrogen-bond acceptors (Lipinski definition) is 3. The lowest BCUT2D eigenvalue weighted by atomic mass is 10.2. The van der Waals surface area contributed by atoms with Crippen molar-refractivity contribution in [2.45, 2.75) is 13.0 Å². The van der Waals surface area contributed by atoms with E-state index in [-0.39, 0.29) is 31.0 Å². The van der Waals surface area contributed by atoms with Gasteiger partial charge in [0.05, 0.1) is 23.8 Å². The van der Waals surface area contributed by atoms with Gasteiger partial charge in [0.25, 0.3) is 5.56 Å². The number of carbonyl (C=O) groups excluding carboxylic acids is 1. The molecule has 0 atom stereocenters. The van der Waals surface area contributed by atoms with Crippen LogP contribution in [0.2, 0.25) is 0 Å². The van der Waals surface area contributed by atoms with E-state index in [2.05, 4.69) is 32.2 Å². The Hall–Kier alpha value is -2.13. The number of fused-ring (bicyclic) bond motifs is 1. The van der Waals surface area contributed by atoms with E-state index in [1.54, 1.807) is 12.1 Å². The molecule has 102 valence electrons. The molecule has 1 amide bonds. The van der Waals surface area contributed by atoms with Crippen molar-refractivity contribution < 1.29 is 4.79 Å².